The van der Waals surface area contributed by atoms with Crippen LogP contribution in [0, 0.1) is 10.1 Å². The molecule has 1 aromatic rings. The van der Waals surface area contributed by atoms with Gasteiger partial charge in [0.05, 0.1) is 4.92 Å². The summed E-state index contributed by atoms with van der Waals surface area (Å²) in [5.41, 5.74) is 5.70. The first-order valence-corrected chi connectivity index (χ1v) is 7.09. The molecule has 1 amide bonds. The standard InChI is InChI=1S/C12H17N3O3S/c1-8(19-2)5-6-14-10-7-9(12(13)16)3-4-11(10)15(17)18/h3-4,7-8,14H,5-6H2,1-2H3,(H2,13,16). The first kappa shape index (κ1) is 15.3. The number of nitrogens with one attached hydrogen (secondary N) is 1. The monoisotopic (exact) mass is 283 g/mol. The van der Waals surface area contributed by atoms with Gasteiger partial charge in [-0.2, -0.15) is 11.8 Å². The van der Waals surface area contributed by atoms with Gasteiger partial charge in [0.2, 0.25) is 5.91 Å². The normalized spacial score (nSPS) is 11.9. The fourth-order valence-corrected chi connectivity index (χ4v) is 1.87. The maximum Gasteiger partial charge on any atom is 0.292 e. The predicted octanol–water partition coefficient (Wildman–Crippen LogP) is 2.25. The number of nitrogens with two attached hydrogens (primary N) is 1. The van der Waals surface area contributed by atoms with Crippen LogP contribution in [0.5, 0.6) is 0 Å². The number of nitro groups is 1. The summed E-state index contributed by atoms with van der Waals surface area (Å²) in [7, 11) is 0. The molecular weight excluding hydrogens is 266 g/mol. The molecule has 1 aromatic carbocycles. The van der Waals surface area contributed by atoms with Crippen molar-refractivity contribution in [3.63, 3.8) is 0 Å². The number of hydrogen-bond donors (Lipinski definition) is 2. The van der Waals surface area contributed by atoms with Crippen LogP contribution >= 0.6 is 11.8 Å². The highest BCUT2D eigenvalue weighted by Crippen LogP contribution is 2.25. The third kappa shape index (κ3) is 4.44. The minimum atomic E-state index is -0.601. The topological polar surface area (TPSA) is 98.3 Å². The Labute approximate surface area is 115 Å². The molecule has 0 saturated heterocycles. The number of nitrogens with zero attached hydrogens (tertiary/aromatic N) is 1. The lowest BCUT2D eigenvalue weighted by molar-refractivity contribution is -0.384. The van der Waals surface area contributed by atoms with Crippen molar-refractivity contribution in [1.82, 2.24) is 0 Å². The Morgan fingerprint density at radius 2 is 2.26 bits per heavy atom. The van der Waals surface area contributed by atoms with E-state index in [1.165, 1.54) is 18.2 Å². The molecule has 0 saturated carbocycles. The Bertz CT molecular complexity index is 479. The SMILES string of the molecule is CSC(C)CCNc1cc(C(N)=O)ccc1[N+](=O)[O-]. The molecule has 0 aliphatic carbocycles. The van der Waals surface area contributed by atoms with E-state index in [0.29, 0.717) is 17.5 Å². The van der Waals surface area contributed by atoms with Crippen molar-refractivity contribution in [3.05, 3.63) is 33.9 Å². The average Bonchev–Trinajstić information content (AvgIpc) is 2.37. The van der Waals surface area contributed by atoms with E-state index in [2.05, 4.69) is 12.2 Å². The van der Waals surface area contributed by atoms with Crippen molar-refractivity contribution >= 4 is 29.0 Å². The average molecular weight is 283 g/mol. The van der Waals surface area contributed by atoms with E-state index in [-0.39, 0.29) is 11.3 Å². The van der Waals surface area contributed by atoms with Crippen molar-refractivity contribution in [1.29, 1.82) is 0 Å². The summed E-state index contributed by atoms with van der Waals surface area (Å²) < 4.78 is 0. The molecule has 0 spiro atoms. The van der Waals surface area contributed by atoms with E-state index >= 15 is 0 Å². The molecule has 3 N–H and O–H groups in total. The number of hydrogen-bond acceptors (Lipinski definition) is 5. The van der Waals surface area contributed by atoms with Gasteiger partial charge < -0.3 is 11.1 Å². The molecule has 7 heteroatoms. The van der Waals surface area contributed by atoms with Gasteiger partial charge in [0.1, 0.15) is 5.69 Å². The molecule has 0 aromatic heterocycles. The van der Waals surface area contributed by atoms with Gasteiger partial charge >= 0.3 is 0 Å². The fraction of sp³-hybridized carbons (Fsp3) is 0.417. The summed E-state index contributed by atoms with van der Waals surface area (Å²) in [6, 6.07) is 4.07. The van der Waals surface area contributed by atoms with Crippen LogP contribution < -0.4 is 11.1 Å². The highest BCUT2D eigenvalue weighted by Gasteiger charge is 2.15. The molecule has 1 unspecified atom stereocenters. The lowest BCUT2D eigenvalue weighted by Gasteiger charge is -2.11. The Morgan fingerprint density at radius 3 is 2.79 bits per heavy atom. The van der Waals surface area contributed by atoms with Crippen molar-refractivity contribution in [2.75, 3.05) is 18.1 Å². The van der Waals surface area contributed by atoms with Gasteiger partial charge in [-0.15, -0.1) is 0 Å². The number of carbonyl (C=O) groups excluding carboxylic acids is 1. The molecule has 0 bridgehead atoms. The van der Waals surface area contributed by atoms with E-state index in [1.54, 1.807) is 11.8 Å². The summed E-state index contributed by atoms with van der Waals surface area (Å²) in [5, 5.41) is 14.4. The molecule has 0 radical (unpaired) electrons. The molecule has 104 valence electrons. The minimum Gasteiger partial charge on any atom is -0.379 e. The van der Waals surface area contributed by atoms with Gasteiger partial charge in [0.15, 0.2) is 0 Å². The van der Waals surface area contributed by atoms with Gasteiger partial charge in [-0.3, -0.25) is 14.9 Å². The number of amides is 1. The zero-order valence-electron chi connectivity index (χ0n) is 10.9. The first-order chi connectivity index (χ1) is 8.95. The van der Waals surface area contributed by atoms with Crippen LogP contribution in [-0.4, -0.2) is 28.9 Å². The van der Waals surface area contributed by atoms with Crippen LogP contribution in [0.4, 0.5) is 11.4 Å². The van der Waals surface area contributed by atoms with Crippen molar-refractivity contribution in [2.45, 2.75) is 18.6 Å². The highest BCUT2D eigenvalue weighted by molar-refractivity contribution is 7.99. The van der Waals surface area contributed by atoms with Gasteiger partial charge in [-0.25, -0.2) is 0 Å². The number of thioether (sulfide) groups is 1. The highest BCUT2D eigenvalue weighted by atomic mass is 32.2. The van der Waals surface area contributed by atoms with Crippen molar-refractivity contribution in [2.24, 2.45) is 5.73 Å². The number of benzene rings is 1. The van der Waals surface area contributed by atoms with Gasteiger partial charge in [-0.1, -0.05) is 6.92 Å². The number of carbonyl (C=O) groups is 1. The van der Waals surface area contributed by atoms with Crippen molar-refractivity contribution < 1.29 is 9.72 Å². The number of rotatable bonds is 7. The van der Waals surface area contributed by atoms with Crippen LogP contribution in [0.3, 0.4) is 0 Å². The zero-order valence-corrected chi connectivity index (χ0v) is 11.7. The summed E-state index contributed by atoms with van der Waals surface area (Å²) >= 11 is 1.73. The van der Waals surface area contributed by atoms with E-state index in [1.807, 2.05) is 6.26 Å². The summed E-state index contributed by atoms with van der Waals surface area (Å²) in [4.78, 5) is 21.5. The first-order valence-electron chi connectivity index (χ1n) is 5.80. The Morgan fingerprint density at radius 1 is 1.58 bits per heavy atom. The zero-order chi connectivity index (χ0) is 14.4. The second kappa shape index (κ2) is 6.98. The molecular formula is C12H17N3O3S. The van der Waals surface area contributed by atoms with Gasteiger partial charge in [-0.05, 0) is 24.8 Å². The Hall–Kier alpha value is -1.76. The molecule has 19 heavy (non-hydrogen) atoms. The molecule has 6 nitrogen and oxygen atoms in total. The number of nitro benzene ring substituents is 1. The molecule has 0 aliphatic heterocycles. The third-order valence-corrected chi connectivity index (χ3v) is 3.79. The third-order valence-electron chi connectivity index (χ3n) is 2.75. The molecule has 1 rings (SSSR count). The second-order valence-corrected chi connectivity index (χ2v) is 5.39. The second-order valence-electron chi connectivity index (χ2n) is 4.12. The fourth-order valence-electron chi connectivity index (χ4n) is 1.52. The molecule has 0 heterocycles. The van der Waals surface area contributed by atoms with Gasteiger partial charge in [0.25, 0.3) is 5.69 Å². The maximum absolute atomic E-state index is 11.1. The van der Waals surface area contributed by atoms with Crippen LogP contribution in [0.2, 0.25) is 0 Å². The quantitative estimate of drug-likeness (QED) is 0.590. The van der Waals surface area contributed by atoms with Gasteiger partial charge in [0, 0.05) is 23.4 Å². The summed E-state index contributed by atoms with van der Waals surface area (Å²) in [6.45, 7) is 2.69. The summed E-state index contributed by atoms with van der Waals surface area (Å²) in [6.07, 6.45) is 2.89. The Balaban J connectivity index is 2.85. The predicted molar refractivity (Wildman–Crippen MR) is 77.7 cm³/mol. The molecule has 0 fully saturated rings. The van der Waals surface area contributed by atoms with E-state index in [9.17, 15) is 14.9 Å². The largest absolute Gasteiger partial charge is 0.379 e. The lowest BCUT2D eigenvalue weighted by Crippen LogP contribution is -2.13. The van der Waals surface area contributed by atoms with Crippen LogP contribution in [-0.2, 0) is 0 Å². The van der Waals surface area contributed by atoms with Crippen molar-refractivity contribution in [3.8, 4) is 0 Å². The smallest absolute Gasteiger partial charge is 0.292 e. The molecule has 0 aliphatic rings. The number of anilines is 1. The van der Waals surface area contributed by atoms with E-state index in [4.69, 9.17) is 5.73 Å². The van der Waals surface area contributed by atoms with Crippen LogP contribution in [0.1, 0.15) is 23.7 Å². The number of primary amides is 1. The maximum atomic E-state index is 11.1. The van der Waals surface area contributed by atoms with E-state index in [0.717, 1.165) is 6.42 Å². The van der Waals surface area contributed by atoms with E-state index < -0.39 is 10.8 Å². The van der Waals surface area contributed by atoms with Crippen LogP contribution in [0.15, 0.2) is 18.2 Å². The summed E-state index contributed by atoms with van der Waals surface area (Å²) in [5.74, 6) is -0.601. The minimum absolute atomic E-state index is 0.0539. The molecule has 1 atom stereocenters. The van der Waals surface area contributed by atoms with Crippen LogP contribution in [0.25, 0.3) is 0 Å². The Kier molecular flexibility index (Phi) is 5.62. The lowest BCUT2D eigenvalue weighted by atomic mass is 10.1.